The molecule has 0 bridgehead atoms. The van der Waals surface area contributed by atoms with Gasteiger partial charge in [0.15, 0.2) is 0 Å². The van der Waals surface area contributed by atoms with Crippen molar-refractivity contribution < 1.29 is 54.9 Å². The van der Waals surface area contributed by atoms with E-state index in [1.165, 1.54) is 0 Å². The van der Waals surface area contributed by atoms with Gasteiger partial charge < -0.3 is 29.6 Å². The third-order valence-corrected chi connectivity index (χ3v) is 10.7. The Morgan fingerprint density at radius 1 is 0.500 bits per heavy atom. The van der Waals surface area contributed by atoms with E-state index in [0.717, 1.165) is 36.4 Å². The highest BCUT2D eigenvalue weighted by atomic mass is 35.5. The molecule has 0 saturated heterocycles. The SMILES string of the molecule is CC(C)C(Nc1ccc(C(F)(F)F)cc1Cl)C(=O)OC(C#N)c1cccc(Oc2ccccc2)c1.CC(C)C(Nc1ccc(C(F)(F)F)cc1Cl)C(=O)OC(C#N)c1cccc(Oc2ccccc2)c1. The highest BCUT2D eigenvalue weighted by molar-refractivity contribution is 6.33. The van der Waals surface area contributed by atoms with Gasteiger partial charge in [0, 0.05) is 11.1 Å². The number of rotatable bonds is 16. The number of ether oxygens (including phenoxy) is 4. The lowest BCUT2D eigenvalue weighted by Crippen LogP contribution is -2.36. The van der Waals surface area contributed by atoms with Crippen LogP contribution in [0.1, 0.15) is 62.2 Å². The molecule has 0 aromatic heterocycles. The molecular weight excluding hydrogens is 961 g/mol. The Morgan fingerprint density at radius 2 is 0.843 bits per heavy atom. The summed E-state index contributed by atoms with van der Waals surface area (Å²) in [5.41, 5.74) is -0.712. The molecule has 70 heavy (non-hydrogen) atoms. The maximum absolute atomic E-state index is 13.0. The molecule has 6 aromatic rings. The Morgan fingerprint density at radius 3 is 1.14 bits per heavy atom. The van der Waals surface area contributed by atoms with Crippen molar-refractivity contribution in [3.05, 3.63) is 178 Å². The first-order valence-electron chi connectivity index (χ1n) is 21.3. The van der Waals surface area contributed by atoms with Gasteiger partial charge in [-0.1, -0.05) is 112 Å². The number of hydrogen-bond acceptors (Lipinski definition) is 10. The molecule has 4 unspecified atom stereocenters. The average Bonchev–Trinajstić information content (AvgIpc) is 3.31. The Balaban J connectivity index is 0.000000261. The zero-order chi connectivity index (χ0) is 51.2. The highest BCUT2D eigenvalue weighted by Crippen LogP contribution is 2.37. The number of para-hydroxylation sites is 2. The van der Waals surface area contributed by atoms with Crippen LogP contribution in [-0.2, 0) is 31.4 Å². The molecule has 6 aromatic carbocycles. The summed E-state index contributed by atoms with van der Waals surface area (Å²) < 4.78 is 100.0. The second-order valence-electron chi connectivity index (χ2n) is 16.0. The minimum Gasteiger partial charge on any atom is -0.457 e. The number of benzene rings is 6. The lowest BCUT2D eigenvalue weighted by Gasteiger charge is -2.24. The predicted molar refractivity (Wildman–Crippen MR) is 252 cm³/mol. The third kappa shape index (κ3) is 15.3. The van der Waals surface area contributed by atoms with Crippen LogP contribution < -0.4 is 20.1 Å². The summed E-state index contributed by atoms with van der Waals surface area (Å²) >= 11 is 12.0. The number of hydrogen-bond donors (Lipinski definition) is 2. The van der Waals surface area contributed by atoms with Gasteiger partial charge in [-0.3, -0.25) is 0 Å². The standard InChI is InChI=1S/2C26H22ClF3N2O3/c2*1-16(2)24(32-22-12-11-18(14-21(22)27)26(28,29)30)25(33)35-23(15-31)17-7-6-10-20(13-17)34-19-8-4-3-5-9-19/h2*3-14,16,23-24,32H,1-2H3. The summed E-state index contributed by atoms with van der Waals surface area (Å²) in [6, 6.07) is 38.9. The van der Waals surface area contributed by atoms with Crippen molar-refractivity contribution in [2.24, 2.45) is 11.8 Å². The van der Waals surface area contributed by atoms with Crippen LogP contribution in [0.3, 0.4) is 0 Å². The van der Waals surface area contributed by atoms with Crippen molar-refractivity contribution in [2.45, 2.75) is 64.3 Å². The van der Waals surface area contributed by atoms with Crippen molar-refractivity contribution in [3.8, 4) is 35.1 Å². The summed E-state index contributed by atoms with van der Waals surface area (Å²) in [7, 11) is 0. The molecule has 0 fully saturated rings. The van der Waals surface area contributed by atoms with Gasteiger partial charge in [-0.15, -0.1) is 0 Å². The molecule has 364 valence electrons. The Hall–Kier alpha value is -7.40. The van der Waals surface area contributed by atoms with Crippen LogP contribution in [0, 0.1) is 34.5 Å². The van der Waals surface area contributed by atoms with Crippen LogP contribution in [0.4, 0.5) is 37.7 Å². The Bertz CT molecular complexity index is 2610. The molecule has 0 aliphatic carbocycles. The zero-order valence-electron chi connectivity index (χ0n) is 37.7. The number of anilines is 2. The van der Waals surface area contributed by atoms with Crippen molar-refractivity contribution in [3.63, 3.8) is 0 Å². The second-order valence-corrected chi connectivity index (χ2v) is 16.8. The quantitative estimate of drug-likeness (QED) is 0.0710. The van der Waals surface area contributed by atoms with Crippen molar-refractivity contribution >= 4 is 46.5 Å². The molecule has 0 aliphatic rings. The summed E-state index contributed by atoms with van der Waals surface area (Å²) in [4.78, 5) is 25.9. The van der Waals surface area contributed by atoms with E-state index in [2.05, 4.69) is 10.6 Å². The number of nitrogens with zero attached hydrogens (tertiary/aromatic N) is 2. The van der Waals surface area contributed by atoms with Crippen molar-refractivity contribution in [2.75, 3.05) is 10.6 Å². The lowest BCUT2D eigenvalue weighted by atomic mass is 10.0. The molecule has 0 aliphatic heterocycles. The molecule has 6 rings (SSSR count). The van der Waals surface area contributed by atoms with Crippen LogP contribution in [-0.4, -0.2) is 24.0 Å². The van der Waals surface area contributed by atoms with Gasteiger partial charge in [-0.05, 0) is 96.8 Å². The van der Waals surface area contributed by atoms with Gasteiger partial charge >= 0.3 is 24.3 Å². The molecule has 18 heteroatoms. The number of carbonyl (C=O) groups is 2. The van der Waals surface area contributed by atoms with Gasteiger partial charge in [0.25, 0.3) is 0 Å². The monoisotopic (exact) mass is 1000 g/mol. The fraction of sp³-hybridized carbons (Fsp3) is 0.231. The van der Waals surface area contributed by atoms with E-state index < -0.39 is 59.7 Å². The number of carbonyl (C=O) groups excluding carboxylic acids is 2. The van der Waals surface area contributed by atoms with Crippen LogP contribution in [0.2, 0.25) is 10.0 Å². The van der Waals surface area contributed by atoms with Gasteiger partial charge in [0.1, 0.15) is 47.2 Å². The molecule has 0 heterocycles. The van der Waals surface area contributed by atoms with Crippen LogP contribution in [0.15, 0.2) is 146 Å². The number of nitrogens with one attached hydrogen (secondary N) is 2. The first-order valence-corrected chi connectivity index (χ1v) is 22.0. The maximum Gasteiger partial charge on any atom is 0.416 e. The van der Waals surface area contributed by atoms with E-state index in [9.17, 15) is 46.5 Å². The van der Waals surface area contributed by atoms with Crippen LogP contribution in [0.5, 0.6) is 23.0 Å². The highest BCUT2D eigenvalue weighted by Gasteiger charge is 2.34. The van der Waals surface area contributed by atoms with E-state index in [4.69, 9.17) is 42.1 Å². The predicted octanol–water partition coefficient (Wildman–Crippen LogP) is 14.8. The van der Waals surface area contributed by atoms with Gasteiger partial charge in [0.05, 0.1) is 32.5 Å². The van der Waals surface area contributed by atoms with E-state index in [-0.39, 0.29) is 33.3 Å². The number of esters is 2. The fourth-order valence-electron chi connectivity index (χ4n) is 6.40. The Kier molecular flexibility index (Phi) is 18.5. The normalized spacial score (nSPS) is 13.0. The average molecular weight is 1010 g/mol. The van der Waals surface area contributed by atoms with E-state index in [1.807, 2.05) is 48.5 Å². The zero-order valence-corrected chi connectivity index (χ0v) is 39.2. The molecule has 2 N–H and O–H groups in total. The summed E-state index contributed by atoms with van der Waals surface area (Å²) in [6.45, 7) is 6.92. The second kappa shape index (κ2) is 24.2. The number of halogens is 8. The van der Waals surface area contributed by atoms with Gasteiger partial charge in [-0.25, -0.2) is 9.59 Å². The smallest absolute Gasteiger partial charge is 0.416 e. The van der Waals surface area contributed by atoms with Crippen molar-refractivity contribution in [1.29, 1.82) is 10.5 Å². The minimum absolute atomic E-state index is 0.141. The van der Waals surface area contributed by atoms with Crippen molar-refractivity contribution in [1.82, 2.24) is 0 Å². The summed E-state index contributed by atoms with van der Waals surface area (Å²) in [5.74, 6) is -0.0323. The largest absolute Gasteiger partial charge is 0.457 e. The first kappa shape index (κ1) is 53.6. The van der Waals surface area contributed by atoms with E-state index >= 15 is 0 Å². The molecule has 0 spiro atoms. The molecule has 4 atom stereocenters. The minimum atomic E-state index is -4.54. The fourth-order valence-corrected chi connectivity index (χ4v) is 6.87. The van der Waals surface area contributed by atoms with Crippen LogP contribution >= 0.6 is 23.2 Å². The topological polar surface area (TPSA) is 143 Å². The number of nitriles is 2. The van der Waals surface area contributed by atoms with Gasteiger partial charge in [-0.2, -0.15) is 36.9 Å². The third-order valence-electron chi connectivity index (χ3n) is 10.0. The van der Waals surface area contributed by atoms with E-state index in [0.29, 0.717) is 34.1 Å². The van der Waals surface area contributed by atoms with E-state index in [1.54, 1.807) is 100 Å². The molecule has 0 saturated carbocycles. The lowest BCUT2D eigenvalue weighted by molar-refractivity contribution is -0.149. The summed E-state index contributed by atoms with van der Waals surface area (Å²) in [6.07, 6.45) is -11.5. The molecule has 0 amide bonds. The molecular formula is C52H44Cl2F6N4O6. The summed E-state index contributed by atoms with van der Waals surface area (Å²) in [5, 5.41) is 24.6. The maximum atomic E-state index is 13.0. The van der Waals surface area contributed by atoms with Gasteiger partial charge in [0.2, 0.25) is 12.2 Å². The molecule has 0 radical (unpaired) electrons. The first-order chi connectivity index (χ1) is 33.2. The van der Waals surface area contributed by atoms with Crippen LogP contribution in [0.25, 0.3) is 0 Å². The Labute approximate surface area is 410 Å². The number of alkyl halides is 6. The molecule has 10 nitrogen and oxygen atoms in total.